The Morgan fingerprint density at radius 2 is 2.17 bits per heavy atom. The lowest BCUT2D eigenvalue weighted by Crippen LogP contribution is -2.25. The summed E-state index contributed by atoms with van der Waals surface area (Å²) in [5, 5.41) is 4.39. The number of hydrogen-bond donors (Lipinski definition) is 0. The van der Waals surface area contributed by atoms with Crippen LogP contribution in [0.15, 0.2) is 6.20 Å². The fourth-order valence-corrected chi connectivity index (χ4v) is 1.58. The van der Waals surface area contributed by atoms with Gasteiger partial charge in [-0.1, -0.05) is 11.6 Å². The van der Waals surface area contributed by atoms with Crippen LogP contribution >= 0.6 is 11.6 Å². The number of carbonyl (C=O) groups is 1. The molecule has 0 aliphatic heterocycles. The van der Waals surface area contributed by atoms with E-state index in [0.29, 0.717) is 23.9 Å². The summed E-state index contributed by atoms with van der Waals surface area (Å²) >= 11 is 5.97. The summed E-state index contributed by atoms with van der Waals surface area (Å²) < 4.78 is 11.9. The van der Waals surface area contributed by atoms with Crippen molar-refractivity contribution in [2.24, 2.45) is 0 Å². The Balaban J connectivity index is 2.75. The SMILES string of the molecule is COCCn1ncc(Cl)c1C(=O)COC(C)(C)C. The maximum Gasteiger partial charge on any atom is 0.207 e. The van der Waals surface area contributed by atoms with Crippen molar-refractivity contribution in [3.8, 4) is 0 Å². The van der Waals surface area contributed by atoms with Gasteiger partial charge in [0.1, 0.15) is 12.3 Å². The highest BCUT2D eigenvalue weighted by Gasteiger charge is 2.20. The summed E-state index contributed by atoms with van der Waals surface area (Å²) in [5.41, 5.74) is 0.0115. The van der Waals surface area contributed by atoms with Crippen molar-refractivity contribution in [2.45, 2.75) is 32.9 Å². The highest BCUT2D eigenvalue weighted by molar-refractivity contribution is 6.33. The Hall–Kier alpha value is -0.910. The van der Waals surface area contributed by atoms with Crippen LogP contribution in [0.2, 0.25) is 5.02 Å². The van der Waals surface area contributed by atoms with E-state index in [0.717, 1.165) is 0 Å². The molecule has 0 aliphatic carbocycles. The third kappa shape index (κ3) is 4.40. The topological polar surface area (TPSA) is 53.4 Å². The number of rotatable bonds is 6. The number of aromatic nitrogens is 2. The van der Waals surface area contributed by atoms with Crippen molar-refractivity contribution < 1.29 is 14.3 Å². The van der Waals surface area contributed by atoms with Crippen LogP contribution in [0.25, 0.3) is 0 Å². The van der Waals surface area contributed by atoms with E-state index in [1.807, 2.05) is 20.8 Å². The van der Waals surface area contributed by atoms with Crippen LogP contribution in [0, 0.1) is 0 Å². The lowest BCUT2D eigenvalue weighted by Gasteiger charge is -2.19. The van der Waals surface area contributed by atoms with Gasteiger partial charge in [-0.05, 0) is 20.8 Å². The first-order valence-electron chi connectivity index (χ1n) is 5.72. The van der Waals surface area contributed by atoms with Crippen LogP contribution in [0.5, 0.6) is 0 Å². The molecule has 0 unspecified atom stereocenters. The molecule has 1 aromatic rings. The van der Waals surface area contributed by atoms with Crippen molar-refractivity contribution in [3.63, 3.8) is 0 Å². The largest absolute Gasteiger partial charge is 0.383 e. The Morgan fingerprint density at radius 3 is 2.72 bits per heavy atom. The average Bonchev–Trinajstić information content (AvgIpc) is 2.64. The van der Waals surface area contributed by atoms with Crippen molar-refractivity contribution in [2.75, 3.05) is 20.3 Å². The molecule has 1 aromatic heterocycles. The molecule has 1 rings (SSSR count). The van der Waals surface area contributed by atoms with E-state index in [-0.39, 0.29) is 18.0 Å². The normalized spacial score (nSPS) is 11.8. The molecule has 0 fully saturated rings. The second-order valence-electron chi connectivity index (χ2n) is 4.88. The molecule has 0 amide bonds. The smallest absolute Gasteiger partial charge is 0.207 e. The van der Waals surface area contributed by atoms with Gasteiger partial charge in [0.2, 0.25) is 5.78 Å². The van der Waals surface area contributed by atoms with Crippen LogP contribution in [0.1, 0.15) is 31.3 Å². The number of carbonyl (C=O) groups excluding carboxylic acids is 1. The minimum Gasteiger partial charge on any atom is -0.383 e. The van der Waals surface area contributed by atoms with E-state index in [9.17, 15) is 4.79 Å². The molecular formula is C12H19ClN2O3. The van der Waals surface area contributed by atoms with E-state index >= 15 is 0 Å². The summed E-state index contributed by atoms with van der Waals surface area (Å²) in [6.07, 6.45) is 1.46. The molecule has 5 nitrogen and oxygen atoms in total. The van der Waals surface area contributed by atoms with Gasteiger partial charge in [-0.15, -0.1) is 0 Å². The van der Waals surface area contributed by atoms with E-state index in [4.69, 9.17) is 21.1 Å². The lowest BCUT2D eigenvalue weighted by atomic mass is 10.2. The second-order valence-corrected chi connectivity index (χ2v) is 5.29. The number of halogens is 1. The number of nitrogens with zero attached hydrogens (tertiary/aromatic N) is 2. The van der Waals surface area contributed by atoms with Gasteiger partial charge in [-0.25, -0.2) is 0 Å². The highest BCUT2D eigenvalue weighted by atomic mass is 35.5. The van der Waals surface area contributed by atoms with Gasteiger partial charge < -0.3 is 9.47 Å². The minimum absolute atomic E-state index is 0.0120. The number of ether oxygens (including phenoxy) is 2. The molecule has 0 spiro atoms. The molecule has 0 radical (unpaired) electrons. The molecule has 0 aliphatic rings. The molecule has 1 heterocycles. The second kappa shape index (κ2) is 6.31. The monoisotopic (exact) mass is 274 g/mol. The van der Waals surface area contributed by atoms with Crippen LogP contribution in [-0.2, 0) is 16.0 Å². The molecule has 6 heteroatoms. The van der Waals surface area contributed by atoms with Crippen LogP contribution in [-0.4, -0.2) is 41.5 Å². The zero-order valence-corrected chi connectivity index (χ0v) is 12.0. The summed E-state index contributed by atoms with van der Waals surface area (Å²) in [6.45, 7) is 6.62. The summed E-state index contributed by atoms with van der Waals surface area (Å²) in [5.74, 6) is -0.177. The Kier molecular flexibility index (Phi) is 5.31. The third-order valence-corrected chi connectivity index (χ3v) is 2.48. The van der Waals surface area contributed by atoms with Crippen molar-refractivity contribution >= 4 is 17.4 Å². The molecule has 102 valence electrons. The minimum atomic E-state index is -0.362. The van der Waals surface area contributed by atoms with Crippen LogP contribution < -0.4 is 0 Å². The standard InChI is InChI=1S/C12H19ClN2O3/c1-12(2,3)18-8-10(16)11-9(13)7-14-15(11)5-6-17-4/h7H,5-6,8H2,1-4H3. The van der Waals surface area contributed by atoms with Crippen molar-refractivity contribution in [1.82, 2.24) is 9.78 Å². The van der Waals surface area contributed by atoms with Gasteiger partial charge in [-0.3, -0.25) is 9.48 Å². The lowest BCUT2D eigenvalue weighted by molar-refractivity contribution is 0.00259. The van der Waals surface area contributed by atoms with Gasteiger partial charge in [0.25, 0.3) is 0 Å². The van der Waals surface area contributed by atoms with E-state index in [1.165, 1.54) is 6.20 Å². The number of methoxy groups -OCH3 is 1. The molecule has 0 bridgehead atoms. The molecule has 0 saturated carbocycles. The van der Waals surface area contributed by atoms with Gasteiger partial charge in [0.05, 0.1) is 30.0 Å². The zero-order valence-electron chi connectivity index (χ0n) is 11.2. The Morgan fingerprint density at radius 1 is 1.50 bits per heavy atom. The van der Waals surface area contributed by atoms with Crippen molar-refractivity contribution in [1.29, 1.82) is 0 Å². The maximum atomic E-state index is 12.0. The summed E-state index contributed by atoms with van der Waals surface area (Å²) in [6, 6.07) is 0. The fourth-order valence-electron chi connectivity index (χ4n) is 1.34. The predicted octanol–water partition coefficient (Wildman–Crippen LogP) is 2.18. The number of ketones is 1. The molecule has 0 atom stereocenters. The summed E-state index contributed by atoms with van der Waals surface area (Å²) in [4.78, 5) is 12.0. The third-order valence-electron chi connectivity index (χ3n) is 2.20. The molecular weight excluding hydrogens is 256 g/mol. The number of Topliss-reactive ketones (excluding diaryl/α,β-unsaturated/α-hetero) is 1. The quantitative estimate of drug-likeness (QED) is 0.746. The first kappa shape index (κ1) is 15.1. The Bertz CT molecular complexity index is 410. The van der Waals surface area contributed by atoms with E-state index in [2.05, 4.69) is 5.10 Å². The zero-order chi connectivity index (χ0) is 13.8. The fraction of sp³-hybridized carbons (Fsp3) is 0.667. The van der Waals surface area contributed by atoms with Gasteiger partial charge in [0.15, 0.2) is 0 Å². The van der Waals surface area contributed by atoms with Gasteiger partial charge in [-0.2, -0.15) is 5.10 Å². The van der Waals surface area contributed by atoms with Gasteiger partial charge >= 0.3 is 0 Å². The Labute approximate surface area is 112 Å². The maximum absolute atomic E-state index is 12.0. The van der Waals surface area contributed by atoms with Crippen molar-refractivity contribution in [3.05, 3.63) is 16.9 Å². The first-order chi connectivity index (χ1) is 8.35. The number of hydrogen-bond acceptors (Lipinski definition) is 4. The van der Waals surface area contributed by atoms with Crippen LogP contribution in [0.3, 0.4) is 0 Å². The predicted molar refractivity (Wildman–Crippen MR) is 69.1 cm³/mol. The highest BCUT2D eigenvalue weighted by Crippen LogP contribution is 2.17. The molecule has 0 saturated heterocycles. The van der Waals surface area contributed by atoms with E-state index < -0.39 is 0 Å². The van der Waals surface area contributed by atoms with Crippen LogP contribution in [0.4, 0.5) is 0 Å². The van der Waals surface area contributed by atoms with E-state index in [1.54, 1.807) is 11.8 Å². The molecule has 18 heavy (non-hydrogen) atoms. The average molecular weight is 275 g/mol. The first-order valence-corrected chi connectivity index (χ1v) is 6.10. The molecule has 0 aromatic carbocycles. The van der Waals surface area contributed by atoms with Gasteiger partial charge in [0, 0.05) is 7.11 Å². The molecule has 0 N–H and O–H groups in total. The summed E-state index contributed by atoms with van der Waals surface area (Å²) in [7, 11) is 1.59.